The van der Waals surface area contributed by atoms with Crippen LogP contribution in [0.3, 0.4) is 0 Å². The zero-order chi connectivity index (χ0) is 13.2. The van der Waals surface area contributed by atoms with Crippen molar-refractivity contribution < 1.29 is 14.0 Å². The van der Waals surface area contributed by atoms with E-state index in [1.54, 1.807) is 0 Å². The Hall–Kier alpha value is -1.91. The molecule has 1 aliphatic heterocycles. The van der Waals surface area contributed by atoms with E-state index in [-0.39, 0.29) is 40.4 Å². The SMILES string of the molecule is CC1(C)C2C(=O)N(c3ccc(N)c(F)c3)C(=O)C21. The molecular weight excluding hydrogens is 235 g/mol. The number of nitrogen functional groups attached to an aromatic ring is 1. The van der Waals surface area contributed by atoms with Gasteiger partial charge in [0, 0.05) is 6.07 Å². The van der Waals surface area contributed by atoms with E-state index in [0.717, 1.165) is 11.0 Å². The predicted molar refractivity (Wildman–Crippen MR) is 64.1 cm³/mol. The summed E-state index contributed by atoms with van der Waals surface area (Å²) in [5.74, 6) is -1.61. The summed E-state index contributed by atoms with van der Waals surface area (Å²) < 4.78 is 13.4. The zero-order valence-corrected chi connectivity index (χ0v) is 10.1. The third-order valence-corrected chi connectivity index (χ3v) is 4.04. The molecule has 0 bridgehead atoms. The van der Waals surface area contributed by atoms with Gasteiger partial charge in [0.25, 0.3) is 0 Å². The molecule has 1 heterocycles. The van der Waals surface area contributed by atoms with Gasteiger partial charge in [0.15, 0.2) is 0 Å². The van der Waals surface area contributed by atoms with E-state index >= 15 is 0 Å². The maximum atomic E-state index is 13.4. The Morgan fingerprint density at radius 3 is 2.28 bits per heavy atom. The molecule has 2 amide bonds. The second-order valence-electron chi connectivity index (χ2n) is 5.49. The first-order valence-corrected chi connectivity index (χ1v) is 5.78. The summed E-state index contributed by atoms with van der Waals surface area (Å²) in [4.78, 5) is 25.3. The molecule has 1 aromatic rings. The summed E-state index contributed by atoms with van der Waals surface area (Å²) in [5.41, 5.74) is 5.39. The Morgan fingerprint density at radius 2 is 1.78 bits per heavy atom. The normalized spacial score (nSPS) is 28.5. The molecular formula is C13H13FN2O2. The second kappa shape index (κ2) is 3.10. The second-order valence-corrected chi connectivity index (χ2v) is 5.49. The highest BCUT2D eigenvalue weighted by atomic mass is 19.1. The third-order valence-electron chi connectivity index (χ3n) is 4.04. The summed E-state index contributed by atoms with van der Waals surface area (Å²) in [6.45, 7) is 3.80. The number of anilines is 2. The van der Waals surface area contributed by atoms with E-state index in [9.17, 15) is 14.0 Å². The molecule has 4 nitrogen and oxygen atoms in total. The molecule has 2 aliphatic rings. The first-order chi connectivity index (χ1) is 8.35. The molecule has 0 spiro atoms. The first-order valence-electron chi connectivity index (χ1n) is 5.78. The quantitative estimate of drug-likeness (QED) is 0.606. The number of imide groups is 1. The highest BCUT2D eigenvalue weighted by molar-refractivity contribution is 6.25. The van der Waals surface area contributed by atoms with Crippen LogP contribution in [-0.2, 0) is 9.59 Å². The van der Waals surface area contributed by atoms with Gasteiger partial charge in [-0.25, -0.2) is 9.29 Å². The van der Waals surface area contributed by atoms with Gasteiger partial charge in [-0.2, -0.15) is 0 Å². The smallest absolute Gasteiger partial charge is 0.238 e. The molecule has 2 unspecified atom stereocenters. The highest BCUT2D eigenvalue weighted by Crippen LogP contribution is 2.63. The Labute approximate surface area is 104 Å². The summed E-state index contributed by atoms with van der Waals surface area (Å²) >= 11 is 0. The lowest BCUT2D eigenvalue weighted by atomic mass is 10.1. The number of hydrogen-bond acceptors (Lipinski definition) is 3. The summed E-state index contributed by atoms with van der Waals surface area (Å²) in [6, 6.07) is 3.98. The molecule has 18 heavy (non-hydrogen) atoms. The number of nitrogens with two attached hydrogens (primary N) is 1. The number of carbonyl (C=O) groups is 2. The molecule has 0 aromatic heterocycles. The monoisotopic (exact) mass is 248 g/mol. The molecule has 2 N–H and O–H groups in total. The Kier molecular flexibility index (Phi) is 1.93. The highest BCUT2D eigenvalue weighted by Gasteiger charge is 2.72. The van der Waals surface area contributed by atoms with Crippen molar-refractivity contribution in [3.8, 4) is 0 Å². The molecule has 1 aliphatic carbocycles. The van der Waals surface area contributed by atoms with Crippen LogP contribution in [0.5, 0.6) is 0 Å². The van der Waals surface area contributed by atoms with Crippen LogP contribution in [0.15, 0.2) is 18.2 Å². The van der Waals surface area contributed by atoms with Crippen LogP contribution >= 0.6 is 0 Å². The average molecular weight is 248 g/mol. The lowest BCUT2D eigenvalue weighted by molar-refractivity contribution is -0.125. The van der Waals surface area contributed by atoms with Crippen molar-refractivity contribution in [3.63, 3.8) is 0 Å². The molecule has 94 valence electrons. The largest absolute Gasteiger partial charge is 0.396 e. The van der Waals surface area contributed by atoms with Gasteiger partial charge in [-0.15, -0.1) is 0 Å². The number of carbonyl (C=O) groups excluding carboxylic acids is 2. The lowest BCUT2D eigenvalue weighted by Gasteiger charge is -2.20. The van der Waals surface area contributed by atoms with Gasteiger partial charge in [0.05, 0.1) is 23.2 Å². The average Bonchev–Trinajstić information content (AvgIpc) is 2.74. The molecule has 5 heteroatoms. The fraction of sp³-hybridized carbons (Fsp3) is 0.385. The van der Waals surface area contributed by atoms with E-state index < -0.39 is 5.82 Å². The molecule has 1 saturated heterocycles. The van der Waals surface area contributed by atoms with Crippen molar-refractivity contribution in [2.45, 2.75) is 13.8 Å². The van der Waals surface area contributed by atoms with E-state index in [2.05, 4.69) is 0 Å². The van der Waals surface area contributed by atoms with Crippen molar-refractivity contribution >= 4 is 23.2 Å². The molecule has 3 rings (SSSR count). The molecule has 2 fully saturated rings. The van der Waals surface area contributed by atoms with E-state index in [1.165, 1.54) is 12.1 Å². The van der Waals surface area contributed by atoms with Crippen LogP contribution in [0.2, 0.25) is 0 Å². The van der Waals surface area contributed by atoms with Gasteiger partial charge < -0.3 is 5.73 Å². The number of rotatable bonds is 1. The van der Waals surface area contributed by atoms with Crippen molar-refractivity contribution in [1.82, 2.24) is 0 Å². The van der Waals surface area contributed by atoms with E-state index in [0.29, 0.717) is 0 Å². The molecule has 1 aromatic carbocycles. The van der Waals surface area contributed by atoms with Crippen molar-refractivity contribution in [1.29, 1.82) is 0 Å². The number of amides is 2. The van der Waals surface area contributed by atoms with Crippen LogP contribution in [0.4, 0.5) is 15.8 Å². The van der Waals surface area contributed by atoms with Crippen LogP contribution in [0.1, 0.15) is 13.8 Å². The fourth-order valence-electron chi connectivity index (χ4n) is 2.86. The van der Waals surface area contributed by atoms with Gasteiger partial charge in [0.2, 0.25) is 11.8 Å². The molecule has 0 radical (unpaired) electrons. The number of benzene rings is 1. The number of piperidine rings is 1. The number of hydrogen-bond donors (Lipinski definition) is 1. The van der Waals surface area contributed by atoms with Crippen molar-refractivity contribution in [3.05, 3.63) is 24.0 Å². The lowest BCUT2D eigenvalue weighted by Crippen LogP contribution is -2.36. The summed E-state index contributed by atoms with van der Waals surface area (Å²) in [5, 5.41) is 0. The molecule has 2 atom stereocenters. The first kappa shape index (κ1) is 11.2. The number of fused-ring (bicyclic) bond motifs is 1. The van der Waals surface area contributed by atoms with Crippen LogP contribution in [0.25, 0.3) is 0 Å². The van der Waals surface area contributed by atoms with Crippen molar-refractivity contribution in [2.75, 3.05) is 10.6 Å². The van der Waals surface area contributed by atoms with Gasteiger partial charge >= 0.3 is 0 Å². The Balaban J connectivity index is 1.98. The zero-order valence-electron chi connectivity index (χ0n) is 10.1. The third kappa shape index (κ3) is 1.19. The van der Waals surface area contributed by atoms with Gasteiger partial charge in [-0.05, 0) is 17.5 Å². The van der Waals surface area contributed by atoms with Crippen molar-refractivity contribution in [2.24, 2.45) is 17.3 Å². The Morgan fingerprint density at radius 1 is 1.22 bits per heavy atom. The minimum absolute atomic E-state index is 0.00309. The topological polar surface area (TPSA) is 63.4 Å². The number of nitrogens with zero attached hydrogens (tertiary/aromatic N) is 1. The van der Waals surface area contributed by atoms with E-state index in [1.807, 2.05) is 13.8 Å². The van der Waals surface area contributed by atoms with Gasteiger partial charge in [0.1, 0.15) is 5.82 Å². The fourth-order valence-corrected chi connectivity index (χ4v) is 2.86. The van der Waals surface area contributed by atoms with E-state index in [4.69, 9.17) is 5.73 Å². The minimum Gasteiger partial charge on any atom is -0.396 e. The van der Waals surface area contributed by atoms with Gasteiger partial charge in [-0.3, -0.25) is 9.59 Å². The molecule has 1 saturated carbocycles. The van der Waals surface area contributed by atoms with Crippen LogP contribution in [0, 0.1) is 23.1 Å². The summed E-state index contributed by atoms with van der Waals surface area (Å²) in [7, 11) is 0. The maximum absolute atomic E-state index is 13.4. The summed E-state index contributed by atoms with van der Waals surface area (Å²) in [6.07, 6.45) is 0. The van der Waals surface area contributed by atoms with Gasteiger partial charge in [-0.1, -0.05) is 13.8 Å². The minimum atomic E-state index is -0.618. The predicted octanol–water partition coefficient (Wildman–Crippen LogP) is 1.55. The maximum Gasteiger partial charge on any atom is 0.238 e. The van der Waals surface area contributed by atoms with Crippen LogP contribution < -0.4 is 10.6 Å². The Bertz CT molecular complexity index is 558. The number of halogens is 1. The standard InChI is InChI=1S/C13H13FN2O2/c1-13(2)9-10(13)12(18)16(11(9)17)6-3-4-8(15)7(14)5-6/h3-5,9-10H,15H2,1-2H3. The van der Waals surface area contributed by atoms with Crippen LogP contribution in [-0.4, -0.2) is 11.8 Å².